The van der Waals surface area contributed by atoms with Gasteiger partial charge >= 0.3 is 5.97 Å². The quantitative estimate of drug-likeness (QED) is 0.545. The Kier molecular flexibility index (Phi) is 8.38. The molecule has 2 amide bonds. The van der Waals surface area contributed by atoms with Crippen molar-refractivity contribution < 1.29 is 19.5 Å². The number of aliphatic carboxylic acids is 1. The molecule has 0 saturated heterocycles. The lowest BCUT2D eigenvalue weighted by Gasteiger charge is -2.19. The molecule has 0 aromatic heterocycles. The van der Waals surface area contributed by atoms with Crippen molar-refractivity contribution in [2.75, 3.05) is 18.1 Å². The maximum atomic E-state index is 12.5. The van der Waals surface area contributed by atoms with Gasteiger partial charge in [-0.25, -0.2) is 0 Å². The molecule has 0 radical (unpaired) electrons. The fourth-order valence-electron chi connectivity index (χ4n) is 2.45. The molecule has 0 spiro atoms. The zero-order valence-corrected chi connectivity index (χ0v) is 15.6. The summed E-state index contributed by atoms with van der Waals surface area (Å²) >= 11 is 1.24. The van der Waals surface area contributed by atoms with Crippen molar-refractivity contribution in [2.24, 2.45) is 0 Å². The number of carboxylic acids is 1. The number of carboxylic acid groups (broad SMARTS) is 1. The molecule has 1 atom stereocenters. The summed E-state index contributed by atoms with van der Waals surface area (Å²) in [6.07, 6.45) is 0.103. The number of hydrogen-bond acceptors (Lipinski definition) is 4. The van der Waals surface area contributed by atoms with Gasteiger partial charge in [0.2, 0.25) is 5.91 Å². The molecule has 6 nitrogen and oxygen atoms in total. The zero-order valence-electron chi connectivity index (χ0n) is 14.8. The van der Waals surface area contributed by atoms with Gasteiger partial charge in [-0.05, 0) is 17.7 Å². The van der Waals surface area contributed by atoms with Crippen LogP contribution in [0.15, 0.2) is 60.7 Å². The molecular weight excluding hydrogens is 364 g/mol. The molecule has 2 aromatic rings. The molecule has 2 rings (SSSR count). The van der Waals surface area contributed by atoms with E-state index in [2.05, 4.69) is 10.6 Å². The van der Waals surface area contributed by atoms with Crippen molar-refractivity contribution in [1.82, 2.24) is 10.6 Å². The Morgan fingerprint density at radius 3 is 2.22 bits per heavy atom. The van der Waals surface area contributed by atoms with Gasteiger partial charge in [0.05, 0.1) is 18.2 Å². The highest BCUT2D eigenvalue weighted by Gasteiger charge is 2.19. The van der Waals surface area contributed by atoms with E-state index in [4.69, 9.17) is 5.11 Å². The first-order chi connectivity index (χ1) is 13.1. The summed E-state index contributed by atoms with van der Waals surface area (Å²) in [5.41, 5.74) is 1.38. The van der Waals surface area contributed by atoms with Crippen molar-refractivity contribution in [3.8, 4) is 0 Å². The van der Waals surface area contributed by atoms with E-state index in [0.717, 1.165) is 5.56 Å². The molecule has 1 unspecified atom stereocenters. The van der Waals surface area contributed by atoms with Crippen LogP contribution in [0.4, 0.5) is 0 Å². The zero-order chi connectivity index (χ0) is 19.5. The minimum Gasteiger partial charge on any atom is -0.481 e. The van der Waals surface area contributed by atoms with E-state index in [1.165, 1.54) is 11.8 Å². The van der Waals surface area contributed by atoms with Crippen LogP contribution in [0.3, 0.4) is 0 Å². The first kappa shape index (κ1) is 20.5. The standard InChI is InChI=1S/C20H22N2O4S/c23-18(21-11-12-27-14-19(24)25)13-17(15-7-3-1-4-8-15)22-20(26)16-9-5-2-6-10-16/h1-10,17H,11-14H2,(H,21,23)(H,22,26)(H,24,25). The molecule has 27 heavy (non-hydrogen) atoms. The highest BCUT2D eigenvalue weighted by Crippen LogP contribution is 2.17. The highest BCUT2D eigenvalue weighted by atomic mass is 32.2. The van der Waals surface area contributed by atoms with Crippen molar-refractivity contribution in [3.63, 3.8) is 0 Å². The van der Waals surface area contributed by atoms with E-state index in [0.29, 0.717) is 17.9 Å². The van der Waals surface area contributed by atoms with E-state index in [-0.39, 0.29) is 24.0 Å². The molecule has 0 saturated carbocycles. The van der Waals surface area contributed by atoms with Crippen molar-refractivity contribution >= 4 is 29.5 Å². The minimum absolute atomic E-state index is 0.00957. The van der Waals surface area contributed by atoms with Crippen LogP contribution in [0.2, 0.25) is 0 Å². The van der Waals surface area contributed by atoms with E-state index < -0.39 is 12.0 Å². The third-order valence-corrected chi connectivity index (χ3v) is 4.67. The number of carbonyl (C=O) groups is 3. The Labute approximate surface area is 162 Å². The summed E-state index contributed by atoms with van der Waals surface area (Å²) < 4.78 is 0. The fourth-order valence-corrected chi connectivity index (χ4v) is 3.01. The van der Waals surface area contributed by atoms with Crippen LogP contribution in [0.25, 0.3) is 0 Å². The van der Waals surface area contributed by atoms with E-state index >= 15 is 0 Å². The second-order valence-corrected chi connectivity index (χ2v) is 6.91. The number of amides is 2. The number of hydrogen-bond donors (Lipinski definition) is 3. The maximum Gasteiger partial charge on any atom is 0.313 e. The van der Waals surface area contributed by atoms with Crippen LogP contribution in [0, 0.1) is 0 Å². The third kappa shape index (κ3) is 7.53. The molecular formula is C20H22N2O4S. The predicted molar refractivity (Wildman–Crippen MR) is 106 cm³/mol. The van der Waals surface area contributed by atoms with Crippen LogP contribution >= 0.6 is 11.8 Å². The Morgan fingerprint density at radius 1 is 0.963 bits per heavy atom. The Bertz CT molecular complexity index is 753. The molecule has 0 heterocycles. The second kappa shape index (κ2) is 11.0. The summed E-state index contributed by atoms with van der Waals surface area (Å²) in [7, 11) is 0. The Balaban J connectivity index is 1.94. The number of carbonyl (C=O) groups excluding carboxylic acids is 2. The van der Waals surface area contributed by atoms with E-state index in [1.54, 1.807) is 24.3 Å². The lowest BCUT2D eigenvalue weighted by atomic mass is 10.0. The van der Waals surface area contributed by atoms with Gasteiger partial charge in [-0.15, -0.1) is 11.8 Å². The predicted octanol–water partition coefficient (Wildman–Crippen LogP) is 2.48. The Morgan fingerprint density at radius 2 is 1.59 bits per heavy atom. The average molecular weight is 386 g/mol. The van der Waals surface area contributed by atoms with Crippen molar-refractivity contribution in [3.05, 3.63) is 71.8 Å². The van der Waals surface area contributed by atoms with Crippen LogP contribution in [0.5, 0.6) is 0 Å². The van der Waals surface area contributed by atoms with Gasteiger partial charge in [0, 0.05) is 17.9 Å². The van der Waals surface area contributed by atoms with Gasteiger partial charge in [0.1, 0.15) is 0 Å². The second-order valence-electron chi connectivity index (χ2n) is 5.80. The molecule has 0 bridgehead atoms. The fraction of sp³-hybridized carbons (Fsp3) is 0.250. The summed E-state index contributed by atoms with van der Waals surface area (Å²) in [4.78, 5) is 35.2. The molecule has 2 aromatic carbocycles. The van der Waals surface area contributed by atoms with E-state index in [1.807, 2.05) is 36.4 Å². The first-order valence-corrected chi connectivity index (χ1v) is 9.69. The summed E-state index contributed by atoms with van der Waals surface area (Å²) in [6.45, 7) is 0.380. The SMILES string of the molecule is O=C(O)CSCCNC(=O)CC(NC(=O)c1ccccc1)c1ccccc1. The molecule has 0 aliphatic heterocycles. The lowest BCUT2D eigenvalue weighted by molar-refractivity contribution is -0.133. The molecule has 142 valence electrons. The number of thioether (sulfide) groups is 1. The minimum atomic E-state index is -0.876. The van der Waals surface area contributed by atoms with Gasteiger partial charge < -0.3 is 15.7 Å². The normalized spacial score (nSPS) is 11.4. The largest absolute Gasteiger partial charge is 0.481 e. The van der Waals surface area contributed by atoms with Crippen molar-refractivity contribution in [1.29, 1.82) is 0 Å². The van der Waals surface area contributed by atoms with Crippen LogP contribution in [0.1, 0.15) is 28.4 Å². The van der Waals surface area contributed by atoms with Crippen LogP contribution < -0.4 is 10.6 Å². The molecule has 0 fully saturated rings. The topological polar surface area (TPSA) is 95.5 Å². The number of nitrogens with one attached hydrogen (secondary N) is 2. The molecule has 3 N–H and O–H groups in total. The summed E-state index contributed by atoms with van der Waals surface area (Å²) in [5, 5.41) is 14.3. The van der Waals surface area contributed by atoms with Crippen LogP contribution in [-0.4, -0.2) is 40.9 Å². The smallest absolute Gasteiger partial charge is 0.313 e. The van der Waals surface area contributed by atoms with Gasteiger partial charge in [0.25, 0.3) is 5.91 Å². The van der Waals surface area contributed by atoms with Gasteiger partial charge in [-0.2, -0.15) is 0 Å². The monoisotopic (exact) mass is 386 g/mol. The van der Waals surface area contributed by atoms with Gasteiger partial charge in [0.15, 0.2) is 0 Å². The van der Waals surface area contributed by atoms with Crippen molar-refractivity contribution in [2.45, 2.75) is 12.5 Å². The average Bonchev–Trinajstić information content (AvgIpc) is 2.68. The molecule has 0 aliphatic carbocycles. The highest BCUT2D eigenvalue weighted by molar-refractivity contribution is 7.99. The lowest BCUT2D eigenvalue weighted by Crippen LogP contribution is -2.34. The van der Waals surface area contributed by atoms with E-state index in [9.17, 15) is 14.4 Å². The van der Waals surface area contributed by atoms with Gasteiger partial charge in [-0.1, -0.05) is 48.5 Å². The van der Waals surface area contributed by atoms with Gasteiger partial charge in [-0.3, -0.25) is 14.4 Å². The van der Waals surface area contributed by atoms with Crippen LogP contribution in [-0.2, 0) is 9.59 Å². The third-order valence-electron chi connectivity index (χ3n) is 3.73. The maximum absolute atomic E-state index is 12.5. The number of benzene rings is 2. The molecule has 0 aliphatic rings. The summed E-state index contributed by atoms with van der Waals surface area (Å²) in [6, 6.07) is 17.7. The molecule has 7 heteroatoms. The first-order valence-electron chi connectivity index (χ1n) is 8.53. The Hall–Kier alpha value is -2.80. The summed E-state index contributed by atoms with van der Waals surface area (Å²) in [5.74, 6) is -0.790. The number of rotatable bonds is 10.